The molecule has 0 spiro atoms. The number of nitrogens with zero attached hydrogens (tertiary/aromatic N) is 1. The molecule has 1 unspecified atom stereocenters. The van der Waals surface area contributed by atoms with E-state index in [1.54, 1.807) is 0 Å². The maximum absolute atomic E-state index is 5.94. The Hall–Kier alpha value is 0.250. The molecule has 1 aliphatic rings. The second-order valence-corrected chi connectivity index (χ2v) is 7.22. The van der Waals surface area contributed by atoms with Crippen LogP contribution in [0, 0.1) is 0 Å². The van der Waals surface area contributed by atoms with Gasteiger partial charge in [0.15, 0.2) is 0 Å². The first kappa shape index (κ1) is 19.3. The Morgan fingerprint density at radius 2 is 1.48 bits per heavy atom. The van der Waals surface area contributed by atoms with Crippen molar-refractivity contribution in [3.8, 4) is 0 Å². The van der Waals surface area contributed by atoms with Gasteiger partial charge in [0, 0.05) is 11.9 Å². The van der Waals surface area contributed by atoms with Gasteiger partial charge in [-0.25, -0.2) is 0 Å². The van der Waals surface area contributed by atoms with E-state index >= 15 is 0 Å². The quantitative estimate of drug-likeness (QED) is 0.281. The molecule has 0 bridgehead atoms. The van der Waals surface area contributed by atoms with E-state index in [1.165, 1.54) is 103 Å². The van der Waals surface area contributed by atoms with Gasteiger partial charge in [-0.3, -0.25) is 0 Å². The van der Waals surface area contributed by atoms with E-state index in [0.29, 0.717) is 0 Å². The maximum Gasteiger partial charge on any atom is 0.0238 e. The van der Waals surface area contributed by atoms with Crippen LogP contribution >= 0.6 is 11.6 Å². The van der Waals surface area contributed by atoms with E-state index in [9.17, 15) is 0 Å². The number of hydrogen-bond acceptors (Lipinski definition) is 1. The van der Waals surface area contributed by atoms with Crippen molar-refractivity contribution in [2.24, 2.45) is 0 Å². The van der Waals surface area contributed by atoms with Gasteiger partial charge < -0.3 is 4.90 Å². The van der Waals surface area contributed by atoms with Crippen LogP contribution in [0.3, 0.4) is 0 Å². The number of hydrogen-bond donors (Lipinski definition) is 0. The van der Waals surface area contributed by atoms with Crippen LogP contribution in [-0.2, 0) is 0 Å². The van der Waals surface area contributed by atoms with Crippen molar-refractivity contribution in [2.45, 2.75) is 103 Å². The fraction of sp³-hybridized carbons (Fsp3) is 1.00. The zero-order chi connectivity index (χ0) is 15.2. The lowest BCUT2D eigenvalue weighted by Crippen LogP contribution is -2.40. The van der Waals surface area contributed by atoms with Crippen LogP contribution in [0.15, 0.2) is 0 Å². The molecule has 0 saturated carbocycles. The summed E-state index contributed by atoms with van der Waals surface area (Å²) in [5.41, 5.74) is 0. The molecule has 0 amide bonds. The fourth-order valence-electron chi connectivity index (χ4n) is 3.61. The maximum atomic E-state index is 5.94. The summed E-state index contributed by atoms with van der Waals surface area (Å²) in [6.07, 6.45) is 19.7. The molecule has 1 heterocycles. The molecule has 126 valence electrons. The second-order valence-electron chi connectivity index (χ2n) is 6.85. The first-order valence-corrected chi connectivity index (χ1v) is 10.2. The minimum absolute atomic E-state index is 0.787. The summed E-state index contributed by atoms with van der Waals surface area (Å²) < 4.78 is 0. The molecular formula is C19H38ClN. The normalized spacial score (nSPS) is 20.0. The second kappa shape index (κ2) is 13.9. The van der Waals surface area contributed by atoms with Crippen molar-refractivity contribution in [1.29, 1.82) is 0 Å². The molecule has 1 fully saturated rings. The number of halogens is 1. The molecule has 1 saturated heterocycles. The summed E-state index contributed by atoms with van der Waals surface area (Å²) in [5, 5.41) is 0. The monoisotopic (exact) mass is 315 g/mol. The highest BCUT2D eigenvalue weighted by Crippen LogP contribution is 2.21. The molecule has 1 rings (SSSR count). The zero-order valence-electron chi connectivity index (χ0n) is 14.4. The molecule has 2 heteroatoms. The number of alkyl halides is 1. The van der Waals surface area contributed by atoms with Gasteiger partial charge in [0.2, 0.25) is 0 Å². The Labute approximate surface area is 138 Å². The highest BCUT2D eigenvalue weighted by molar-refractivity contribution is 6.17. The van der Waals surface area contributed by atoms with Gasteiger partial charge in [0.25, 0.3) is 0 Å². The number of piperidine rings is 1. The van der Waals surface area contributed by atoms with E-state index in [4.69, 9.17) is 11.6 Å². The lowest BCUT2D eigenvalue weighted by molar-refractivity contribution is 0.142. The minimum atomic E-state index is 0.787. The summed E-state index contributed by atoms with van der Waals surface area (Å²) in [6.45, 7) is 4.93. The number of likely N-dealkylation sites (tertiary alicyclic amines) is 1. The van der Waals surface area contributed by atoms with E-state index in [1.807, 2.05) is 0 Å². The highest BCUT2D eigenvalue weighted by atomic mass is 35.5. The third-order valence-corrected chi connectivity index (χ3v) is 5.21. The van der Waals surface area contributed by atoms with Crippen LogP contribution in [0.5, 0.6) is 0 Å². The summed E-state index contributed by atoms with van der Waals surface area (Å²) in [4.78, 5) is 2.72. The molecule has 0 N–H and O–H groups in total. The van der Waals surface area contributed by atoms with E-state index in [2.05, 4.69) is 11.8 Å². The third-order valence-electron chi connectivity index (χ3n) is 4.99. The molecule has 0 radical (unpaired) electrons. The van der Waals surface area contributed by atoms with Crippen molar-refractivity contribution in [1.82, 2.24) is 4.90 Å². The van der Waals surface area contributed by atoms with E-state index < -0.39 is 0 Å². The molecule has 0 aromatic rings. The topological polar surface area (TPSA) is 3.24 Å². The van der Waals surface area contributed by atoms with Gasteiger partial charge in [0.1, 0.15) is 0 Å². The average Bonchev–Trinajstić information content (AvgIpc) is 2.51. The van der Waals surface area contributed by atoms with Crippen LogP contribution < -0.4 is 0 Å². The standard InChI is InChI=1S/C19H38ClN/c1-2-3-4-5-6-7-8-9-10-12-17-21-18-13-11-14-19(21)15-16-20/h19H,2-18H2,1H3. The van der Waals surface area contributed by atoms with Crippen molar-refractivity contribution in [3.63, 3.8) is 0 Å². The van der Waals surface area contributed by atoms with Gasteiger partial charge in [-0.05, 0) is 38.8 Å². The van der Waals surface area contributed by atoms with Crippen LogP contribution in [0.25, 0.3) is 0 Å². The SMILES string of the molecule is CCCCCCCCCCCCN1CCCCC1CCCl. The van der Waals surface area contributed by atoms with Crippen LogP contribution in [0.1, 0.15) is 96.8 Å². The van der Waals surface area contributed by atoms with E-state index in [0.717, 1.165) is 11.9 Å². The van der Waals surface area contributed by atoms with Gasteiger partial charge in [-0.1, -0.05) is 71.1 Å². The van der Waals surface area contributed by atoms with Crippen molar-refractivity contribution in [2.75, 3.05) is 19.0 Å². The number of unbranched alkanes of at least 4 members (excludes halogenated alkanes) is 9. The Morgan fingerprint density at radius 1 is 0.857 bits per heavy atom. The molecule has 21 heavy (non-hydrogen) atoms. The first-order valence-electron chi connectivity index (χ1n) is 9.68. The lowest BCUT2D eigenvalue weighted by atomic mass is 9.99. The summed E-state index contributed by atoms with van der Waals surface area (Å²) in [6, 6.07) is 0.787. The average molecular weight is 316 g/mol. The number of rotatable bonds is 13. The van der Waals surface area contributed by atoms with Crippen LogP contribution in [-0.4, -0.2) is 29.9 Å². The first-order chi connectivity index (χ1) is 10.4. The van der Waals surface area contributed by atoms with Gasteiger partial charge in [-0.15, -0.1) is 11.6 Å². The molecule has 1 aliphatic heterocycles. The van der Waals surface area contributed by atoms with Gasteiger partial charge >= 0.3 is 0 Å². The summed E-state index contributed by atoms with van der Waals surface area (Å²) in [7, 11) is 0. The summed E-state index contributed by atoms with van der Waals surface area (Å²) in [5.74, 6) is 0.833. The smallest absolute Gasteiger partial charge is 0.0238 e. The Balaban J connectivity index is 1.91. The fourth-order valence-corrected chi connectivity index (χ4v) is 3.86. The Bertz CT molecular complexity index is 218. The molecule has 0 aromatic heterocycles. The van der Waals surface area contributed by atoms with Crippen molar-refractivity contribution >= 4 is 11.6 Å². The molecule has 1 atom stereocenters. The predicted octanol–water partition coefficient (Wildman–Crippen LogP) is 6.39. The molecule has 1 nitrogen and oxygen atoms in total. The third kappa shape index (κ3) is 9.79. The zero-order valence-corrected chi connectivity index (χ0v) is 15.2. The van der Waals surface area contributed by atoms with Gasteiger partial charge in [-0.2, -0.15) is 0 Å². The summed E-state index contributed by atoms with van der Waals surface area (Å²) >= 11 is 5.94. The van der Waals surface area contributed by atoms with E-state index in [-0.39, 0.29) is 0 Å². The van der Waals surface area contributed by atoms with Crippen LogP contribution in [0.4, 0.5) is 0 Å². The lowest BCUT2D eigenvalue weighted by Gasteiger charge is -2.35. The van der Waals surface area contributed by atoms with Crippen LogP contribution in [0.2, 0.25) is 0 Å². The molecular weight excluding hydrogens is 278 g/mol. The molecule has 0 aromatic carbocycles. The Morgan fingerprint density at radius 3 is 2.10 bits per heavy atom. The molecule has 0 aliphatic carbocycles. The van der Waals surface area contributed by atoms with Gasteiger partial charge in [0.05, 0.1) is 0 Å². The highest BCUT2D eigenvalue weighted by Gasteiger charge is 2.20. The predicted molar refractivity (Wildman–Crippen MR) is 96.4 cm³/mol. The minimum Gasteiger partial charge on any atom is -0.300 e. The van der Waals surface area contributed by atoms with Crippen molar-refractivity contribution in [3.05, 3.63) is 0 Å². The largest absolute Gasteiger partial charge is 0.300 e. The Kier molecular flexibility index (Phi) is 12.8. The van der Waals surface area contributed by atoms with Crippen molar-refractivity contribution < 1.29 is 0 Å².